The number of nitrogens with one attached hydrogen (secondary N) is 2. The van der Waals surface area contributed by atoms with Gasteiger partial charge in [-0.1, -0.05) is 12.1 Å². The van der Waals surface area contributed by atoms with E-state index in [1.165, 1.54) is 0 Å². The number of fused-ring (bicyclic) bond motifs is 1. The Hall–Kier alpha value is -3.08. The highest BCUT2D eigenvalue weighted by molar-refractivity contribution is 5.94. The second-order valence-corrected chi connectivity index (χ2v) is 6.56. The van der Waals surface area contributed by atoms with E-state index in [1.807, 2.05) is 39.0 Å². The Morgan fingerprint density at radius 1 is 1.11 bits per heavy atom. The summed E-state index contributed by atoms with van der Waals surface area (Å²) in [5.41, 5.74) is 4.23. The number of hydrogen-bond acceptors (Lipinski definition) is 3. The Morgan fingerprint density at radius 2 is 1.85 bits per heavy atom. The summed E-state index contributed by atoms with van der Waals surface area (Å²) in [5.74, 6) is 0.573. The van der Waals surface area contributed by atoms with E-state index >= 15 is 0 Å². The van der Waals surface area contributed by atoms with Gasteiger partial charge in [0.05, 0.1) is 12.1 Å². The average Bonchev–Trinajstić information content (AvgIpc) is 2.66. The van der Waals surface area contributed by atoms with E-state index in [2.05, 4.69) is 10.3 Å². The standard InChI is InChI=1S/C22H24N2O3/c1-4-27-19-9-7-16(8-10-19)21(25)23-12-11-18-13-17-6-5-14(2)15(3)20(17)24-22(18)26/h5-10,13H,4,11-12H2,1-3H3,(H,23,25)(H,24,26). The molecule has 0 fully saturated rings. The van der Waals surface area contributed by atoms with E-state index in [0.29, 0.717) is 30.7 Å². The van der Waals surface area contributed by atoms with Crippen LogP contribution in [0.3, 0.4) is 0 Å². The number of amides is 1. The summed E-state index contributed by atoms with van der Waals surface area (Å²) in [4.78, 5) is 27.6. The first kappa shape index (κ1) is 18.7. The normalized spacial score (nSPS) is 10.8. The van der Waals surface area contributed by atoms with E-state index in [-0.39, 0.29) is 11.5 Å². The van der Waals surface area contributed by atoms with Crippen molar-refractivity contribution in [1.29, 1.82) is 0 Å². The lowest BCUT2D eigenvalue weighted by Gasteiger charge is -2.09. The summed E-state index contributed by atoms with van der Waals surface area (Å²) in [5, 5.41) is 3.87. The number of pyridine rings is 1. The Bertz CT molecular complexity index is 1020. The number of benzene rings is 2. The van der Waals surface area contributed by atoms with Gasteiger partial charge in [0.1, 0.15) is 5.75 Å². The fourth-order valence-electron chi connectivity index (χ4n) is 3.04. The van der Waals surface area contributed by atoms with Crippen molar-refractivity contribution >= 4 is 16.8 Å². The van der Waals surface area contributed by atoms with E-state index in [0.717, 1.165) is 27.8 Å². The number of hydrogen-bond donors (Lipinski definition) is 2. The third-order valence-electron chi connectivity index (χ3n) is 4.74. The summed E-state index contributed by atoms with van der Waals surface area (Å²) in [7, 11) is 0. The number of aromatic amines is 1. The minimum atomic E-state index is -0.165. The quantitative estimate of drug-likeness (QED) is 0.703. The van der Waals surface area contributed by atoms with Crippen LogP contribution in [0, 0.1) is 13.8 Å². The lowest BCUT2D eigenvalue weighted by atomic mass is 10.0. The lowest BCUT2D eigenvalue weighted by Crippen LogP contribution is -2.27. The smallest absolute Gasteiger partial charge is 0.251 e. The first-order valence-corrected chi connectivity index (χ1v) is 9.12. The molecule has 5 heteroatoms. The van der Waals surface area contributed by atoms with Crippen LogP contribution in [-0.4, -0.2) is 24.0 Å². The second-order valence-electron chi connectivity index (χ2n) is 6.56. The monoisotopic (exact) mass is 364 g/mol. The van der Waals surface area contributed by atoms with Crippen LogP contribution in [0.1, 0.15) is 34.0 Å². The Kier molecular flexibility index (Phi) is 5.60. The van der Waals surface area contributed by atoms with Crippen molar-refractivity contribution in [3.05, 3.63) is 75.1 Å². The molecule has 1 aromatic heterocycles. The molecule has 0 spiro atoms. The molecule has 0 aliphatic carbocycles. The van der Waals surface area contributed by atoms with Crippen molar-refractivity contribution in [2.75, 3.05) is 13.2 Å². The molecular weight excluding hydrogens is 340 g/mol. The SMILES string of the molecule is CCOc1ccc(C(=O)NCCc2cc3ccc(C)c(C)c3[nH]c2=O)cc1. The van der Waals surface area contributed by atoms with Crippen LogP contribution in [0.15, 0.2) is 47.3 Å². The van der Waals surface area contributed by atoms with Crippen LogP contribution in [0.25, 0.3) is 10.9 Å². The molecule has 3 aromatic rings. The van der Waals surface area contributed by atoms with Gasteiger partial charge >= 0.3 is 0 Å². The van der Waals surface area contributed by atoms with Crippen molar-refractivity contribution in [3.8, 4) is 5.75 Å². The molecule has 3 rings (SSSR count). The molecule has 0 aliphatic rings. The van der Waals surface area contributed by atoms with E-state index < -0.39 is 0 Å². The maximum absolute atomic E-state index is 12.4. The molecule has 140 valence electrons. The molecule has 0 radical (unpaired) electrons. The second kappa shape index (κ2) is 8.08. The zero-order valence-corrected chi connectivity index (χ0v) is 15.9. The molecule has 1 heterocycles. The Morgan fingerprint density at radius 3 is 2.56 bits per heavy atom. The summed E-state index contributed by atoms with van der Waals surface area (Å²) in [6, 6.07) is 13.0. The first-order valence-electron chi connectivity index (χ1n) is 9.12. The van der Waals surface area contributed by atoms with Crippen LogP contribution < -0.4 is 15.6 Å². The minimum Gasteiger partial charge on any atom is -0.494 e. The van der Waals surface area contributed by atoms with Crippen LogP contribution in [0.2, 0.25) is 0 Å². The van der Waals surface area contributed by atoms with Crippen molar-refractivity contribution in [2.24, 2.45) is 0 Å². The Labute approximate surface area is 158 Å². The number of aryl methyl sites for hydroxylation is 2. The molecule has 0 unspecified atom stereocenters. The maximum atomic E-state index is 12.4. The van der Waals surface area contributed by atoms with E-state index in [9.17, 15) is 9.59 Å². The van der Waals surface area contributed by atoms with Gasteiger partial charge in [0.2, 0.25) is 0 Å². The number of ether oxygens (including phenoxy) is 1. The summed E-state index contributed by atoms with van der Waals surface area (Å²) in [6.45, 7) is 6.93. The fraction of sp³-hybridized carbons (Fsp3) is 0.273. The predicted molar refractivity (Wildman–Crippen MR) is 108 cm³/mol. The zero-order valence-electron chi connectivity index (χ0n) is 15.9. The molecule has 5 nitrogen and oxygen atoms in total. The third kappa shape index (κ3) is 4.19. The van der Waals surface area contributed by atoms with Gasteiger partial charge in [-0.05, 0) is 74.0 Å². The molecule has 1 amide bonds. The number of H-pyrrole nitrogens is 1. The fourth-order valence-corrected chi connectivity index (χ4v) is 3.04. The summed E-state index contributed by atoms with van der Waals surface area (Å²) in [6.07, 6.45) is 0.473. The number of aromatic nitrogens is 1. The number of carbonyl (C=O) groups excluding carboxylic acids is 1. The molecule has 2 N–H and O–H groups in total. The average molecular weight is 364 g/mol. The molecular formula is C22H24N2O3. The van der Waals surface area contributed by atoms with Gasteiger partial charge in [-0.25, -0.2) is 0 Å². The van der Waals surface area contributed by atoms with Crippen molar-refractivity contribution in [2.45, 2.75) is 27.2 Å². The van der Waals surface area contributed by atoms with Crippen LogP contribution in [-0.2, 0) is 6.42 Å². The molecule has 0 saturated heterocycles. The molecule has 0 bridgehead atoms. The minimum absolute atomic E-state index is 0.105. The van der Waals surface area contributed by atoms with Crippen LogP contribution >= 0.6 is 0 Å². The third-order valence-corrected chi connectivity index (χ3v) is 4.74. The largest absolute Gasteiger partial charge is 0.494 e. The van der Waals surface area contributed by atoms with Gasteiger partial charge in [-0.3, -0.25) is 9.59 Å². The topological polar surface area (TPSA) is 71.2 Å². The van der Waals surface area contributed by atoms with Gasteiger partial charge < -0.3 is 15.0 Å². The summed E-state index contributed by atoms with van der Waals surface area (Å²) >= 11 is 0. The molecule has 2 aromatic carbocycles. The van der Waals surface area contributed by atoms with Gasteiger partial charge in [-0.2, -0.15) is 0 Å². The van der Waals surface area contributed by atoms with Gasteiger partial charge in [0.15, 0.2) is 0 Å². The first-order chi connectivity index (χ1) is 13.0. The molecule has 0 saturated carbocycles. The molecule has 0 aliphatic heterocycles. The summed E-state index contributed by atoms with van der Waals surface area (Å²) < 4.78 is 5.37. The van der Waals surface area contributed by atoms with Crippen LogP contribution in [0.4, 0.5) is 0 Å². The van der Waals surface area contributed by atoms with Crippen molar-refractivity contribution in [3.63, 3.8) is 0 Å². The molecule has 27 heavy (non-hydrogen) atoms. The van der Waals surface area contributed by atoms with E-state index in [1.54, 1.807) is 24.3 Å². The highest BCUT2D eigenvalue weighted by atomic mass is 16.5. The van der Waals surface area contributed by atoms with Gasteiger partial charge in [0.25, 0.3) is 11.5 Å². The van der Waals surface area contributed by atoms with Crippen molar-refractivity contribution in [1.82, 2.24) is 10.3 Å². The van der Waals surface area contributed by atoms with Crippen LogP contribution in [0.5, 0.6) is 5.75 Å². The number of rotatable bonds is 6. The molecule has 0 atom stereocenters. The van der Waals surface area contributed by atoms with E-state index in [4.69, 9.17) is 4.74 Å². The highest BCUT2D eigenvalue weighted by Gasteiger charge is 2.08. The number of carbonyl (C=O) groups is 1. The highest BCUT2D eigenvalue weighted by Crippen LogP contribution is 2.19. The predicted octanol–water partition coefficient (Wildman–Crippen LogP) is 3.52. The lowest BCUT2D eigenvalue weighted by molar-refractivity contribution is 0.0954. The Balaban J connectivity index is 1.66. The maximum Gasteiger partial charge on any atom is 0.251 e. The van der Waals surface area contributed by atoms with Gasteiger partial charge in [0, 0.05) is 17.7 Å². The van der Waals surface area contributed by atoms with Gasteiger partial charge in [-0.15, -0.1) is 0 Å². The van der Waals surface area contributed by atoms with Crippen molar-refractivity contribution < 1.29 is 9.53 Å². The zero-order chi connectivity index (χ0) is 19.4.